The van der Waals surface area contributed by atoms with Gasteiger partial charge >= 0.3 is 0 Å². The minimum Gasteiger partial charge on any atom is -0.320 e. The second kappa shape index (κ2) is 7.19. The van der Waals surface area contributed by atoms with Crippen LogP contribution in [0.2, 0.25) is 0 Å². The summed E-state index contributed by atoms with van der Waals surface area (Å²) in [5.74, 6) is -0.623. The van der Waals surface area contributed by atoms with Crippen molar-refractivity contribution in [1.82, 2.24) is 4.57 Å². The highest BCUT2D eigenvalue weighted by molar-refractivity contribution is 5.97. The molecule has 0 radical (unpaired) electrons. The first kappa shape index (κ1) is 17.4. The molecule has 0 spiro atoms. The molecule has 1 saturated carbocycles. The topological polar surface area (TPSA) is 77.1 Å². The Kier molecular flexibility index (Phi) is 4.99. The van der Waals surface area contributed by atoms with Gasteiger partial charge in [0.1, 0.15) is 11.5 Å². The number of carbonyl (C=O) groups is 1. The number of carbonyl (C=O) groups excluding carboxylic acids is 1. The van der Waals surface area contributed by atoms with Crippen LogP contribution in [0.1, 0.15) is 37.7 Å². The second-order valence-corrected chi connectivity index (χ2v) is 6.65. The lowest BCUT2D eigenvalue weighted by Gasteiger charge is -2.31. The van der Waals surface area contributed by atoms with Crippen molar-refractivity contribution in [2.24, 2.45) is 5.73 Å². The van der Waals surface area contributed by atoms with E-state index in [0.29, 0.717) is 19.4 Å². The molecule has 6 heteroatoms. The third-order valence-corrected chi connectivity index (χ3v) is 4.73. The number of nitrogens with zero attached hydrogens (tertiary/aromatic N) is 1. The van der Waals surface area contributed by atoms with Crippen LogP contribution in [0.3, 0.4) is 0 Å². The summed E-state index contributed by atoms with van der Waals surface area (Å²) in [6.45, 7) is 0.302. The summed E-state index contributed by atoms with van der Waals surface area (Å²) in [5.41, 5.74) is 6.03. The van der Waals surface area contributed by atoms with E-state index in [0.717, 1.165) is 24.8 Å². The van der Waals surface area contributed by atoms with Crippen molar-refractivity contribution in [1.29, 1.82) is 0 Å². The molecule has 1 aromatic heterocycles. The van der Waals surface area contributed by atoms with Crippen molar-refractivity contribution in [3.05, 3.63) is 64.3 Å². The predicted molar refractivity (Wildman–Crippen MR) is 94.8 cm³/mol. The summed E-state index contributed by atoms with van der Waals surface area (Å²) in [4.78, 5) is 25.1. The normalized spacial score (nSPS) is 16.4. The van der Waals surface area contributed by atoms with Gasteiger partial charge in [0.05, 0.1) is 12.1 Å². The standard InChI is InChI=1S/C19H22FN3O2/c20-15-8-6-14(7-9-15)13-23-12-4-5-16(17(23)24)22-18(25)19(21)10-2-1-3-11-19/h4-9,12H,1-3,10-11,13,21H2,(H,22,25). The van der Waals surface area contributed by atoms with Gasteiger partial charge in [0, 0.05) is 6.20 Å². The molecule has 0 bridgehead atoms. The van der Waals surface area contributed by atoms with Crippen molar-refractivity contribution in [2.75, 3.05) is 5.32 Å². The number of amides is 1. The number of anilines is 1. The highest BCUT2D eigenvalue weighted by Gasteiger charge is 2.35. The van der Waals surface area contributed by atoms with Crippen molar-refractivity contribution in [3.8, 4) is 0 Å². The Morgan fingerprint density at radius 2 is 1.84 bits per heavy atom. The molecule has 0 unspecified atom stereocenters. The molecule has 0 atom stereocenters. The van der Waals surface area contributed by atoms with Gasteiger partial charge in [-0.2, -0.15) is 0 Å². The summed E-state index contributed by atoms with van der Waals surface area (Å²) >= 11 is 0. The average Bonchev–Trinajstić information content (AvgIpc) is 2.61. The van der Waals surface area contributed by atoms with E-state index < -0.39 is 5.54 Å². The molecule has 132 valence electrons. The zero-order chi connectivity index (χ0) is 17.9. The highest BCUT2D eigenvalue weighted by Crippen LogP contribution is 2.26. The van der Waals surface area contributed by atoms with Crippen LogP contribution in [-0.2, 0) is 11.3 Å². The lowest BCUT2D eigenvalue weighted by atomic mass is 9.82. The fraction of sp³-hybridized carbons (Fsp3) is 0.368. The van der Waals surface area contributed by atoms with E-state index in [1.165, 1.54) is 16.7 Å². The van der Waals surface area contributed by atoms with Gasteiger partial charge < -0.3 is 15.6 Å². The molecule has 5 nitrogen and oxygen atoms in total. The molecule has 3 rings (SSSR count). The maximum atomic E-state index is 13.0. The van der Waals surface area contributed by atoms with Crippen LogP contribution in [0.25, 0.3) is 0 Å². The van der Waals surface area contributed by atoms with Crippen LogP contribution in [-0.4, -0.2) is 16.0 Å². The Labute approximate surface area is 145 Å². The third-order valence-electron chi connectivity index (χ3n) is 4.73. The molecular weight excluding hydrogens is 321 g/mol. The molecule has 0 aliphatic heterocycles. The maximum absolute atomic E-state index is 13.0. The van der Waals surface area contributed by atoms with Gasteiger partial charge in [0.2, 0.25) is 5.91 Å². The number of hydrogen-bond donors (Lipinski definition) is 2. The second-order valence-electron chi connectivity index (χ2n) is 6.65. The lowest BCUT2D eigenvalue weighted by Crippen LogP contribution is -2.52. The highest BCUT2D eigenvalue weighted by atomic mass is 19.1. The lowest BCUT2D eigenvalue weighted by molar-refractivity contribution is -0.122. The largest absolute Gasteiger partial charge is 0.320 e. The number of nitrogens with two attached hydrogens (primary N) is 1. The molecule has 1 aromatic carbocycles. The first-order valence-corrected chi connectivity index (χ1v) is 8.52. The van der Waals surface area contributed by atoms with Crippen molar-refractivity contribution in [2.45, 2.75) is 44.2 Å². The van der Waals surface area contributed by atoms with Crippen molar-refractivity contribution in [3.63, 3.8) is 0 Å². The Morgan fingerprint density at radius 1 is 1.16 bits per heavy atom. The van der Waals surface area contributed by atoms with Crippen LogP contribution in [0.5, 0.6) is 0 Å². The van der Waals surface area contributed by atoms with Gasteiger partial charge in [0.15, 0.2) is 0 Å². The predicted octanol–water partition coefficient (Wildman–Crippen LogP) is 2.64. The molecule has 2 aromatic rings. The Bertz CT molecular complexity index is 808. The van der Waals surface area contributed by atoms with E-state index >= 15 is 0 Å². The van der Waals surface area contributed by atoms with E-state index in [1.54, 1.807) is 30.5 Å². The van der Waals surface area contributed by atoms with Gasteiger partial charge in [-0.1, -0.05) is 31.4 Å². The van der Waals surface area contributed by atoms with Gasteiger partial charge in [-0.05, 0) is 42.7 Å². The molecule has 1 heterocycles. The molecule has 1 aliphatic carbocycles. The van der Waals surface area contributed by atoms with E-state index in [4.69, 9.17) is 5.73 Å². The SMILES string of the molecule is NC1(C(=O)Nc2cccn(Cc3ccc(F)cc3)c2=O)CCCCC1. The number of benzene rings is 1. The minimum atomic E-state index is -0.900. The zero-order valence-electron chi connectivity index (χ0n) is 14.0. The number of nitrogens with one attached hydrogen (secondary N) is 1. The number of aromatic nitrogens is 1. The fourth-order valence-corrected chi connectivity index (χ4v) is 3.20. The van der Waals surface area contributed by atoms with E-state index in [2.05, 4.69) is 5.32 Å². The van der Waals surface area contributed by atoms with Crippen LogP contribution < -0.4 is 16.6 Å². The summed E-state index contributed by atoms with van der Waals surface area (Å²) in [6.07, 6.45) is 5.84. The number of rotatable bonds is 4. The Hall–Kier alpha value is -2.47. The Morgan fingerprint density at radius 3 is 2.52 bits per heavy atom. The molecule has 3 N–H and O–H groups in total. The molecule has 1 aliphatic rings. The quantitative estimate of drug-likeness (QED) is 0.896. The molecule has 25 heavy (non-hydrogen) atoms. The third kappa shape index (κ3) is 3.96. The number of hydrogen-bond acceptors (Lipinski definition) is 3. The van der Waals surface area contributed by atoms with Crippen molar-refractivity contribution >= 4 is 11.6 Å². The summed E-state index contributed by atoms with van der Waals surface area (Å²) in [7, 11) is 0. The fourth-order valence-electron chi connectivity index (χ4n) is 3.20. The van der Waals surface area contributed by atoms with E-state index in [-0.39, 0.29) is 23.0 Å². The van der Waals surface area contributed by atoms with E-state index in [1.807, 2.05) is 0 Å². The monoisotopic (exact) mass is 343 g/mol. The number of pyridine rings is 1. The van der Waals surface area contributed by atoms with Gasteiger partial charge in [0.25, 0.3) is 5.56 Å². The minimum absolute atomic E-state index is 0.213. The van der Waals surface area contributed by atoms with Gasteiger partial charge in [-0.3, -0.25) is 9.59 Å². The molecule has 0 saturated heterocycles. The van der Waals surface area contributed by atoms with Gasteiger partial charge in [-0.25, -0.2) is 4.39 Å². The van der Waals surface area contributed by atoms with E-state index in [9.17, 15) is 14.0 Å². The maximum Gasteiger partial charge on any atom is 0.274 e. The molecule has 1 amide bonds. The van der Waals surface area contributed by atoms with Crippen LogP contribution in [0, 0.1) is 5.82 Å². The summed E-state index contributed by atoms with van der Waals surface area (Å²) < 4.78 is 14.5. The summed E-state index contributed by atoms with van der Waals surface area (Å²) in [6, 6.07) is 9.24. The first-order valence-electron chi connectivity index (χ1n) is 8.52. The smallest absolute Gasteiger partial charge is 0.274 e. The summed E-state index contributed by atoms with van der Waals surface area (Å²) in [5, 5.41) is 2.70. The van der Waals surface area contributed by atoms with Crippen LogP contribution in [0.4, 0.5) is 10.1 Å². The van der Waals surface area contributed by atoms with Crippen LogP contribution in [0.15, 0.2) is 47.4 Å². The number of halogens is 1. The van der Waals surface area contributed by atoms with Gasteiger partial charge in [-0.15, -0.1) is 0 Å². The molecular formula is C19H22FN3O2. The van der Waals surface area contributed by atoms with Crippen LogP contribution >= 0.6 is 0 Å². The van der Waals surface area contributed by atoms with Crippen molar-refractivity contribution < 1.29 is 9.18 Å². The Balaban J connectivity index is 1.77. The first-order chi connectivity index (χ1) is 12.0. The average molecular weight is 343 g/mol. The molecule has 1 fully saturated rings. The zero-order valence-corrected chi connectivity index (χ0v) is 14.0.